The molecule has 3 rings (SSSR count). The second kappa shape index (κ2) is 8.97. The van der Waals surface area contributed by atoms with Gasteiger partial charge in [0, 0.05) is 17.0 Å². The Balaban J connectivity index is 1.63. The number of carbonyl (C=O) groups excluding carboxylic acids is 2. The maximum Gasteiger partial charge on any atom is 0.573 e. The minimum Gasteiger partial charge on any atom is -0.410 e. The second-order valence-corrected chi connectivity index (χ2v) is 7.76. The van der Waals surface area contributed by atoms with E-state index in [1.54, 1.807) is 12.1 Å². The lowest BCUT2D eigenvalue weighted by molar-refractivity contribution is -0.274. The van der Waals surface area contributed by atoms with Crippen LogP contribution in [0.15, 0.2) is 53.4 Å². The highest BCUT2D eigenvalue weighted by Gasteiger charge is 2.41. The van der Waals surface area contributed by atoms with E-state index in [-0.39, 0.29) is 18.1 Å². The first-order valence-corrected chi connectivity index (χ1v) is 9.90. The van der Waals surface area contributed by atoms with Crippen molar-refractivity contribution in [3.8, 4) is 11.5 Å². The number of nitrogens with one attached hydrogen (secondary N) is 1. The molecule has 1 heterocycles. The molecular weight excluding hydrogens is 423 g/mol. The van der Waals surface area contributed by atoms with Crippen molar-refractivity contribution < 1.29 is 37.3 Å². The van der Waals surface area contributed by atoms with Crippen molar-refractivity contribution >= 4 is 23.6 Å². The van der Waals surface area contributed by atoms with Gasteiger partial charge >= 0.3 is 12.5 Å². The van der Waals surface area contributed by atoms with Gasteiger partial charge in [-0.05, 0) is 42.5 Å². The van der Waals surface area contributed by atoms with Gasteiger partial charge in [-0.1, -0.05) is 18.2 Å². The number of thioether (sulfide) groups is 1. The number of alkyl halides is 3. The Morgan fingerprint density at radius 2 is 1.80 bits per heavy atom. The van der Waals surface area contributed by atoms with Crippen LogP contribution in [0.2, 0.25) is 0 Å². The minimum absolute atomic E-state index is 0.00633. The number of fused-ring (bicyclic) bond motifs is 1. The van der Waals surface area contributed by atoms with Gasteiger partial charge in [-0.15, -0.1) is 24.9 Å². The van der Waals surface area contributed by atoms with Crippen molar-refractivity contribution in [2.75, 3.05) is 18.9 Å². The molecule has 0 aliphatic carbocycles. The quantitative estimate of drug-likeness (QED) is 0.729. The number of aliphatic hydroxyl groups is 1. The molecule has 0 bridgehead atoms. The summed E-state index contributed by atoms with van der Waals surface area (Å²) in [5, 5.41) is 12.4. The number of halogens is 3. The van der Waals surface area contributed by atoms with Crippen molar-refractivity contribution in [2.45, 2.75) is 17.7 Å². The molecule has 0 saturated carbocycles. The summed E-state index contributed by atoms with van der Waals surface area (Å²) in [5.74, 6) is -0.136. The van der Waals surface area contributed by atoms with E-state index in [0.717, 1.165) is 29.2 Å². The Labute approximate surface area is 174 Å². The number of aliphatic hydroxyl groups excluding tert-OH is 1. The number of hydrogen-bond donors (Lipinski definition) is 2. The number of hydrogen-bond acceptors (Lipinski definition) is 6. The number of rotatable bonds is 5. The number of carbonyl (C=O) groups is 2. The average molecular weight is 441 g/mol. The predicted octanol–water partition coefficient (Wildman–Crippen LogP) is 4.03. The zero-order chi connectivity index (χ0) is 21.8. The Hall–Kier alpha value is -2.72. The fraction of sp³-hybridized carbons (Fsp3) is 0.300. The molecule has 0 radical (unpaired) electrons. The summed E-state index contributed by atoms with van der Waals surface area (Å²) in [6.45, 7) is -0.601. The second-order valence-electron chi connectivity index (χ2n) is 6.62. The van der Waals surface area contributed by atoms with Crippen LogP contribution in [-0.4, -0.2) is 42.2 Å². The van der Waals surface area contributed by atoms with E-state index in [1.165, 1.54) is 11.8 Å². The standard InChI is InChI=1S/C20H18F3NO5S/c21-20(22,23)29-14-7-5-13(6-8-14)28-18(27)24-11-19(12-25)9-10-30-16-4-2-1-3-15(16)17(19)26/h1-8,25H,9-12H2,(H,24,27). The monoisotopic (exact) mass is 441 g/mol. The third kappa shape index (κ3) is 5.25. The third-order valence-electron chi connectivity index (χ3n) is 4.59. The van der Waals surface area contributed by atoms with Crippen LogP contribution in [0.5, 0.6) is 11.5 Å². The van der Waals surface area contributed by atoms with Gasteiger partial charge in [-0.2, -0.15) is 0 Å². The molecular formula is C20H18F3NO5S. The lowest BCUT2D eigenvalue weighted by Crippen LogP contribution is -2.46. The Kier molecular flexibility index (Phi) is 6.57. The first-order chi connectivity index (χ1) is 14.2. The number of ketones is 1. The van der Waals surface area contributed by atoms with E-state index < -0.39 is 30.2 Å². The molecule has 1 aliphatic heterocycles. The molecule has 2 aromatic carbocycles. The zero-order valence-corrected chi connectivity index (χ0v) is 16.4. The fourth-order valence-corrected chi connectivity index (χ4v) is 4.21. The molecule has 160 valence electrons. The van der Waals surface area contributed by atoms with Crippen LogP contribution in [0.4, 0.5) is 18.0 Å². The van der Waals surface area contributed by atoms with Crippen molar-refractivity contribution in [3.05, 3.63) is 54.1 Å². The molecule has 0 fully saturated rings. The summed E-state index contributed by atoms with van der Waals surface area (Å²) in [6.07, 6.45) is -5.36. The Bertz CT molecular complexity index is 919. The summed E-state index contributed by atoms with van der Waals surface area (Å²) < 4.78 is 45.3. The molecule has 2 aromatic rings. The van der Waals surface area contributed by atoms with Gasteiger partial charge in [0.1, 0.15) is 11.5 Å². The molecule has 1 atom stereocenters. The van der Waals surface area contributed by atoms with E-state index in [1.807, 2.05) is 12.1 Å². The number of Topliss-reactive ketones (excluding diaryl/α,β-unsaturated/α-hetero) is 1. The SMILES string of the molecule is O=C(NCC1(CO)CCSc2ccccc2C1=O)Oc1ccc(OC(F)(F)F)cc1. The van der Waals surface area contributed by atoms with Crippen LogP contribution >= 0.6 is 11.8 Å². The first kappa shape index (κ1) is 22.0. The van der Waals surface area contributed by atoms with Crippen LogP contribution in [0, 0.1) is 5.41 Å². The topological polar surface area (TPSA) is 84.9 Å². The first-order valence-electron chi connectivity index (χ1n) is 8.91. The van der Waals surface area contributed by atoms with Crippen molar-refractivity contribution in [1.29, 1.82) is 0 Å². The maximum absolute atomic E-state index is 13.0. The van der Waals surface area contributed by atoms with Gasteiger partial charge in [0.2, 0.25) is 0 Å². The van der Waals surface area contributed by atoms with E-state index in [2.05, 4.69) is 10.1 Å². The summed E-state index contributed by atoms with van der Waals surface area (Å²) in [4.78, 5) is 26.0. The fourth-order valence-electron chi connectivity index (χ4n) is 3.00. The lowest BCUT2D eigenvalue weighted by atomic mass is 9.78. The Morgan fingerprint density at radius 1 is 1.13 bits per heavy atom. The van der Waals surface area contributed by atoms with Crippen molar-refractivity contribution in [3.63, 3.8) is 0 Å². The zero-order valence-electron chi connectivity index (χ0n) is 15.6. The maximum atomic E-state index is 13.0. The van der Waals surface area contributed by atoms with E-state index >= 15 is 0 Å². The normalized spacial score (nSPS) is 18.9. The average Bonchev–Trinajstić information content (AvgIpc) is 2.84. The van der Waals surface area contributed by atoms with Crippen LogP contribution in [-0.2, 0) is 0 Å². The molecule has 30 heavy (non-hydrogen) atoms. The minimum atomic E-state index is -4.82. The summed E-state index contributed by atoms with van der Waals surface area (Å²) in [6, 6.07) is 11.4. The Morgan fingerprint density at radius 3 is 2.47 bits per heavy atom. The van der Waals surface area contributed by atoms with Gasteiger partial charge in [0.05, 0.1) is 12.0 Å². The molecule has 0 spiro atoms. The molecule has 1 unspecified atom stereocenters. The van der Waals surface area contributed by atoms with Crippen LogP contribution in [0.1, 0.15) is 16.8 Å². The van der Waals surface area contributed by atoms with Crippen LogP contribution in [0.25, 0.3) is 0 Å². The van der Waals surface area contributed by atoms with E-state index in [0.29, 0.717) is 17.7 Å². The molecule has 6 nitrogen and oxygen atoms in total. The van der Waals surface area contributed by atoms with Gasteiger partial charge in [0.15, 0.2) is 5.78 Å². The lowest BCUT2D eigenvalue weighted by Gasteiger charge is -2.29. The van der Waals surface area contributed by atoms with Crippen LogP contribution < -0.4 is 14.8 Å². The highest BCUT2D eigenvalue weighted by molar-refractivity contribution is 7.99. The molecule has 2 N–H and O–H groups in total. The number of benzene rings is 2. The van der Waals surface area contributed by atoms with E-state index in [4.69, 9.17) is 4.74 Å². The largest absolute Gasteiger partial charge is 0.573 e. The highest BCUT2D eigenvalue weighted by Crippen LogP contribution is 2.37. The van der Waals surface area contributed by atoms with Crippen LogP contribution in [0.3, 0.4) is 0 Å². The van der Waals surface area contributed by atoms with Gasteiger partial charge < -0.3 is 19.9 Å². The predicted molar refractivity (Wildman–Crippen MR) is 103 cm³/mol. The third-order valence-corrected chi connectivity index (χ3v) is 5.67. The number of ether oxygens (including phenoxy) is 2. The van der Waals surface area contributed by atoms with Crippen molar-refractivity contribution in [1.82, 2.24) is 5.32 Å². The summed E-state index contributed by atoms with van der Waals surface area (Å²) >= 11 is 1.51. The molecule has 0 saturated heterocycles. The molecule has 1 amide bonds. The molecule has 1 aliphatic rings. The summed E-state index contributed by atoms with van der Waals surface area (Å²) in [5.41, 5.74) is -0.701. The highest BCUT2D eigenvalue weighted by atomic mass is 32.2. The smallest absolute Gasteiger partial charge is 0.410 e. The van der Waals surface area contributed by atoms with E-state index in [9.17, 15) is 27.9 Å². The summed E-state index contributed by atoms with van der Waals surface area (Å²) in [7, 11) is 0. The molecule has 10 heteroatoms. The van der Waals surface area contributed by atoms with Crippen molar-refractivity contribution in [2.24, 2.45) is 5.41 Å². The van der Waals surface area contributed by atoms with Gasteiger partial charge in [-0.3, -0.25) is 4.79 Å². The number of amides is 1. The van der Waals surface area contributed by atoms with Gasteiger partial charge in [-0.25, -0.2) is 4.79 Å². The molecule has 0 aromatic heterocycles. The van der Waals surface area contributed by atoms with Gasteiger partial charge in [0.25, 0.3) is 0 Å².